The molecule has 50 heavy (non-hydrogen) atoms. The van der Waals surface area contributed by atoms with Crippen molar-refractivity contribution in [1.29, 1.82) is 0 Å². The number of fused-ring (bicyclic) bond motifs is 1. The van der Waals surface area contributed by atoms with Gasteiger partial charge in [0.1, 0.15) is 24.0 Å². The lowest BCUT2D eigenvalue weighted by Gasteiger charge is -2.33. The molecular formula is C35H31FN6O7S. The lowest BCUT2D eigenvalue weighted by molar-refractivity contribution is -0.134. The van der Waals surface area contributed by atoms with Gasteiger partial charge < -0.3 is 10.4 Å². The van der Waals surface area contributed by atoms with E-state index in [-0.39, 0.29) is 60.6 Å². The van der Waals surface area contributed by atoms with E-state index in [1.807, 2.05) is 24.3 Å². The van der Waals surface area contributed by atoms with Crippen LogP contribution in [0.4, 0.5) is 21.5 Å². The van der Waals surface area contributed by atoms with E-state index in [1.54, 1.807) is 12.1 Å². The monoisotopic (exact) mass is 698 g/mol. The number of imide groups is 1. The molecule has 0 aliphatic carbocycles. The van der Waals surface area contributed by atoms with E-state index in [0.29, 0.717) is 35.4 Å². The summed E-state index contributed by atoms with van der Waals surface area (Å²) in [5, 5.41) is 18.0. The van der Waals surface area contributed by atoms with E-state index in [0.717, 1.165) is 33.5 Å². The van der Waals surface area contributed by atoms with Crippen LogP contribution in [-0.2, 0) is 30.3 Å². The van der Waals surface area contributed by atoms with Gasteiger partial charge in [-0.05, 0) is 91.0 Å². The number of phenolic OH excluding ortho intramolecular Hbond substituents is 1. The molecule has 0 radical (unpaired) electrons. The molecule has 3 saturated heterocycles. The third kappa shape index (κ3) is 5.33. The normalized spacial score (nSPS) is 21.3. The molecule has 4 aliphatic rings. The van der Waals surface area contributed by atoms with Gasteiger partial charge in [-0.3, -0.25) is 48.1 Å². The van der Waals surface area contributed by atoms with Gasteiger partial charge in [-0.2, -0.15) is 0 Å². The average molecular weight is 699 g/mol. The van der Waals surface area contributed by atoms with Gasteiger partial charge in [-0.25, -0.2) is 8.60 Å². The fourth-order valence-corrected chi connectivity index (χ4v) is 8.56. The minimum atomic E-state index is -2.01. The van der Waals surface area contributed by atoms with Crippen LogP contribution in [0.1, 0.15) is 47.5 Å². The molecule has 4 aliphatic heterocycles. The van der Waals surface area contributed by atoms with Gasteiger partial charge in [0.2, 0.25) is 28.9 Å². The molecule has 0 saturated carbocycles. The zero-order valence-electron chi connectivity index (χ0n) is 26.5. The van der Waals surface area contributed by atoms with Gasteiger partial charge in [0.05, 0.1) is 12.2 Å². The van der Waals surface area contributed by atoms with Crippen LogP contribution in [0.2, 0.25) is 0 Å². The maximum Gasteiger partial charge on any atom is 0.259 e. The number of nitrogens with one attached hydrogen (secondary N) is 3. The van der Waals surface area contributed by atoms with Crippen LogP contribution in [0.5, 0.6) is 5.75 Å². The summed E-state index contributed by atoms with van der Waals surface area (Å²) in [4.78, 5) is 66.2. The predicted octanol–water partition coefficient (Wildman–Crippen LogP) is 2.94. The smallest absolute Gasteiger partial charge is 0.259 e. The molecule has 4 aromatic rings. The summed E-state index contributed by atoms with van der Waals surface area (Å²) in [7, 11) is 0. The molecule has 4 N–H and O–H groups in total. The molecule has 256 valence electrons. The SMILES string of the molecule is O=C1CCC(N2C(=O)c3cccc4c(C5CCN(CC(=O)Nc6ccc7c(F)c(N8CC(=O)NS8=O)c(O)cc7c6)CC5)ccc2c34)C(=O)N1. The zero-order valence-corrected chi connectivity index (χ0v) is 27.3. The van der Waals surface area contributed by atoms with E-state index < -0.39 is 40.6 Å². The summed E-state index contributed by atoms with van der Waals surface area (Å²) in [6, 6.07) is 14.7. The maximum atomic E-state index is 15.4. The maximum absolute atomic E-state index is 15.4. The fourth-order valence-electron chi connectivity index (χ4n) is 7.62. The van der Waals surface area contributed by atoms with Gasteiger partial charge in [-0.15, -0.1) is 0 Å². The Morgan fingerprint density at radius 2 is 1.78 bits per heavy atom. The van der Waals surface area contributed by atoms with Crippen molar-refractivity contribution in [2.45, 2.75) is 37.6 Å². The Hall–Kier alpha value is -5.41. The standard InChI is InChI=1S/C35H31FN6O7S/c36-32-22-5-4-20(14-19(22)15-27(43)33(32)41-17-30(46)39-50(41)49)37-29(45)16-40-12-10-18(11-13-40)21-6-7-25-31-23(21)2-1-3-24(31)35(48)42(25)26-8-9-28(44)38-34(26)47/h1-7,14-15,18,26,43H,8-13,16-17H2,(H,37,45)(H,39,46)(H,38,44,47). The van der Waals surface area contributed by atoms with Crippen molar-refractivity contribution in [2.75, 3.05) is 40.7 Å². The molecule has 2 unspecified atom stereocenters. The number of piperidine rings is 2. The van der Waals surface area contributed by atoms with E-state index in [1.165, 1.54) is 23.1 Å². The molecule has 4 heterocycles. The number of carbonyl (C=O) groups is 5. The van der Waals surface area contributed by atoms with Crippen LogP contribution in [0, 0.1) is 5.82 Å². The highest BCUT2D eigenvalue weighted by Crippen LogP contribution is 2.44. The number of hydrogen-bond acceptors (Lipinski definition) is 8. The van der Waals surface area contributed by atoms with E-state index in [2.05, 4.69) is 20.3 Å². The largest absolute Gasteiger partial charge is 0.506 e. The van der Waals surface area contributed by atoms with Crippen LogP contribution >= 0.6 is 0 Å². The molecule has 5 amide bonds. The number of likely N-dealkylation sites (tertiary alicyclic amines) is 1. The van der Waals surface area contributed by atoms with Gasteiger partial charge in [0.15, 0.2) is 5.82 Å². The number of hydrogen-bond donors (Lipinski definition) is 4. The molecule has 2 atom stereocenters. The molecule has 0 bridgehead atoms. The highest BCUT2D eigenvalue weighted by molar-refractivity contribution is 7.85. The van der Waals surface area contributed by atoms with Crippen LogP contribution in [0.3, 0.4) is 0 Å². The number of nitrogens with zero attached hydrogens (tertiary/aromatic N) is 3. The van der Waals surface area contributed by atoms with Gasteiger partial charge in [-0.1, -0.05) is 18.2 Å². The lowest BCUT2D eigenvalue weighted by Crippen LogP contribution is -2.53. The van der Waals surface area contributed by atoms with Crippen molar-refractivity contribution in [3.05, 3.63) is 71.5 Å². The van der Waals surface area contributed by atoms with Crippen molar-refractivity contribution >= 4 is 79.3 Å². The summed E-state index contributed by atoms with van der Waals surface area (Å²) in [6.45, 7) is 1.11. The fraction of sp³-hybridized carbons (Fsp3) is 0.286. The summed E-state index contributed by atoms with van der Waals surface area (Å²) >= 11 is -2.01. The highest BCUT2D eigenvalue weighted by Gasteiger charge is 2.41. The molecular weight excluding hydrogens is 667 g/mol. The number of aromatic hydroxyl groups is 1. The Labute approximate surface area is 287 Å². The predicted molar refractivity (Wildman–Crippen MR) is 183 cm³/mol. The minimum absolute atomic E-state index is 0.130. The molecule has 13 nitrogen and oxygen atoms in total. The zero-order chi connectivity index (χ0) is 34.8. The lowest BCUT2D eigenvalue weighted by atomic mass is 9.85. The third-order valence-corrected chi connectivity index (χ3v) is 11.0. The van der Waals surface area contributed by atoms with E-state index in [4.69, 9.17) is 0 Å². The Balaban J connectivity index is 0.933. The van der Waals surface area contributed by atoms with E-state index >= 15 is 4.39 Å². The summed E-state index contributed by atoms with van der Waals surface area (Å²) in [5.41, 5.74) is 2.41. The molecule has 0 aromatic heterocycles. The molecule has 4 aromatic carbocycles. The number of carbonyl (C=O) groups excluding carboxylic acids is 5. The Bertz CT molecular complexity index is 2200. The van der Waals surface area contributed by atoms with Crippen molar-refractivity contribution in [3.8, 4) is 5.75 Å². The van der Waals surface area contributed by atoms with Gasteiger partial charge in [0, 0.05) is 28.4 Å². The number of rotatable bonds is 6. The van der Waals surface area contributed by atoms with Crippen LogP contribution < -0.4 is 24.6 Å². The van der Waals surface area contributed by atoms with Crippen LogP contribution in [0.25, 0.3) is 21.5 Å². The second kappa shape index (κ2) is 12.2. The van der Waals surface area contributed by atoms with E-state index in [9.17, 15) is 33.3 Å². The Kier molecular flexibility index (Phi) is 7.75. The first kappa shape index (κ1) is 31.8. The number of phenols is 1. The topological polar surface area (TPSA) is 168 Å². The summed E-state index contributed by atoms with van der Waals surface area (Å²) in [6.07, 6.45) is 2.02. The molecule has 3 fully saturated rings. The quantitative estimate of drug-likeness (QED) is 0.223. The number of halogens is 1. The first-order valence-corrected chi connectivity index (χ1v) is 17.4. The number of anilines is 3. The van der Waals surface area contributed by atoms with Crippen LogP contribution in [-0.4, -0.2) is 76.0 Å². The summed E-state index contributed by atoms with van der Waals surface area (Å²) < 4.78 is 30.7. The minimum Gasteiger partial charge on any atom is -0.506 e. The highest BCUT2D eigenvalue weighted by atomic mass is 32.2. The number of amides is 5. The molecule has 0 spiro atoms. The van der Waals surface area contributed by atoms with Crippen molar-refractivity contribution in [2.24, 2.45) is 0 Å². The van der Waals surface area contributed by atoms with Crippen molar-refractivity contribution < 1.29 is 37.7 Å². The van der Waals surface area contributed by atoms with Gasteiger partial charge in [0.25, 0.3) is 11.8 Å². The first-order valence-electron chi connectivity index (χ1n) is 16.3. The van der Waals surface area contributed by atoms with Gasteiger partial charge >= 0.3 is 0 Å². The Morgan fingerprint density at radius 3 is 2.52 bits per heavy atom. The third-order valence-electron chi connectivity index (χ3n) is 9.93. The molecule has 8 rings (SSSR count). The number of benzene rings is 4. The van der Waals surface area contributed by atoms with Crippen LogP contribution in [0.15, 0.2) is 54.6 Å². The summed E-state index contributed by atoms with van der Waals surface area (Å²) in [5.74, 6) is -2.97. The molecule has 15 heteroatoms. The van der Waals surface area contributed by atoms with Crippen molar-refractivity contribution in [3.63, 3.8) is 0 Å². The van der Waals surface area contributed by atoms with Crippen molar-refractivity contribution in [1.82, 2.24) is 14.9 Å². The Morgan fingerprint density at radius 1 is 0.980 bits per heavy atom. The second-order valence-corrected chi connectivity index (χ2v) is 14.1. The first-order chi connectivity index (χ1) is 24.1. The average Bonchev–Trinajstić information content (AvgIpc) is 3.56. The second-order valence-electron chi connectivity index (χ2n) is 12.9.